The number of aromatic hydroxyl groups is 2. The highest BCUT2D eigenvalue weighted by molar-refractivity contribution is 5.70. The largest absolute Gasteiger partial charge is 0.508 e. The fourth-order valence-corrected chi connectivity index (χ4v) is 2.79. The Kier molecular flexibility index (Phi) is 5.50. The third-order valence-corrected chi connectivity index (χ3v) is 4.21. The van der Waals surface area contributed by atoms with Crippen LogP contribution in [0.4, 0.5) is 0 Å². The Balaban J connectivity index is 2.32. The van der Waals surface area contributed by atoms with Gasteiger partial charge in [-0.3, -0.25) is 4.79 Å². The summed E-state index contributed by atoms with van der Waals surface area (Å²) in [5.41, 5.74) is 1.55. The number of carbonyl (C=O) groups is 1. The number of phenols is 2. The number of hydrogen-bond donors (Lipinski definition) is 2. The summed E-state index contributed by atoms with van der Waals surface area (Å²) in [4.78, 5) is 12.0. The predicted molar refractivity (Wildman–Crippen MR) is 93.1 cm³/mol. The molecule has 0 aliphatic carbocycles. The second-order valence-electron chi connectivity index (χ2n) is 6.46. The minimum atomic E-state index is -0.433. The van der Waals surface area contributed by atoms with E-state index in [0.717, 1.165) is 11.1 Å². The lowest BCUT2D eigenvalue weighted by Gasteiger charge is -2.31. The lowest BCUT2D eigenvalue weighted by atomic mass is 9.73. The molecule has 2 rings (SSSR count). The van der Waals surface area contributed by atoms with Crippen molar-refractivity contribution in [3.05, 3.63) is 59.7 Å². The number of carbonyl (C=O) groups excluding carboxylic acids is 1. The van der Waals surface area contributed by atoms with Gasteiger partial charge in [0.2, 0.25) is 0 Å². The summed E-state index contributed by atoms with van der Waals surface area (Å²) in [6, 6.07) is 14.0. The first-order valence-electron chi connectivity index (χ1n) is 8.10. The van der Waals surface area contributed by atoms with Gasteiger partial charge in [0, 0.05) is 11.8 Å². The molecule has 0 aromatic heterocycles. The Bertz CT molecular complexity index is 626. The fourth-order valence-electron chi connectivity index (χ4n) is 2.79. The number of rotatable bonds is 6. The maximum atomic E-state index is 12.0. The van der Waals surface area contributed by atoms with Gasteiger partial charge in [-0.1, -0.05) is 31.2 Å². The van der Waals surface area contributed by atoms with E-state index in [2.05, 4.69) is 6.92 Å². The van der Waals surface area contributed by atoms with E-state index in [1.54, 1.807) is 24.3 Å². The molecule has 0 aliphatic heterocycles. The minimum Gasteiger partial charge on any atom is -0.508 e. The molecule has 0 heterocycles. The summed E-state index contributed by atoms with van der Waals surface area (Å²) >= 11 is 0. The van der Waals surface area contributed by atoms with Crippen LogP contribution in [0.3, 0.4) is 0 Å². The van der Waals surface area contributed by atoms with Crippen LogP contribution in [0, 0.1) is 0 Å². The van der Waals surface area contributed by atoms with Gasteiger partial charge >= 0.3 is 5.97 Å². The summed E-state index contributed by atoms with van der Waals surface area (Å²) in [6.07, 6.45) is 0.718. The zero-order chi connectivity index (χ0) is 17.7. The van der Waals surface area contributed by atoms with Crippen molar-refractivity contribution in [1.82, 2.24) is 0 Å². The monoisotopic (exact) mass is 328 g/mol. The van der Waals surface area contributed by atoms with E-state index in [1.165, 1.54) is 0 Å². The van der Waals surface area contributed by atoms with Gasteiger partial charge in [-0.15, -0.1) is 0 Å². The number of phenolic OH excluding ortho intramolecular Hbond substituents is 2. The first-order valence-corrected chi connectivity index (χ1v) is 8.10. The maximum absolute atomic E-state index is 12.0. The minimum absolute atomic E-state index is 0.133. The highest BCUT2D eigenvalue weighted by Crippen LogP contribution is 2.37. The molecule has 4 nitrogen and oxygen atoms in total. The van der Waals surface area contributed by atoms with Crippen molar-refractivity contribution in [1.29, 1.82) is 0 Å². The lowest BCUT2D eigenvalue weighted by molar-refractivity contribution is -0.147. The highest BCUT2D eigenvalue weighted by Gasteiger charge is 2.30. The van der Waals surface area contributed by atoms with E-state index >= 15 is 0 Å². The van der Waals surface area contributed by atoms with Crippen molar-refractivity contribution in [2.24, 2.45) is 0 Å². The molecule has 0 saturated carbocycles. The van der Waals surface area contributed by atoms with E-state index in [1.807, 2.05) is 38.1 Å². The van der Waals surface area contributed by atoms with Crippen LogP contribution in [-0.4, -0.2) is 22.3 Å². The molecule has 2 aromatic carbocycles. The van der Waals surface area contributed by atoms with Crippen LogP contribution in [0.5, 0.6) is 11.5 Å². The standard InChI is InChI=1S/C20H24O4/c1-14(2)24-19(23)12-13-20(3,15-4-8-17(21)9-5-15)16-6-10-18(22)11-7-16/h4-11,14,21-22H,12-13H2,1-3H3. The Morgan fingerprint density at radius 2 is 1.38 bits per heavy atom. The zero-order valence-corrected chi connectivity index (χ0v) is 14.3. The summed E-state index contributed by atoms with van der Waals surface area (Å²) in [6.45, 7) is 5.71. The molecule has 0 amide bonds. The summed E-state index contributed by atoms with van der Waals surface area (Å²) in [7, 11) is 0. The number of hydrogen-bond acceptors (Lipinski definition) is 4. The van der Waals surface area contributed by atoms with Crippen molar-refractivity contribution in [3.8, 4) is 11.5 Å². The van der Waals surface area contributed by atoms with Crippen LogP contribution in [0.2, 0.25) is 0 Å². The van der Waals surface area contributed by atoms with Gasteiger partial charge in [0.15, 0.2) is 0 Å². The van der Waals surface area contributed by atoms with E-state index < -0.39 is 5.41 Å². The molecule has 128 valence electrons. The number of benzene rings is 2. The Labute approximate surface area is 142 Å². The van der Waals surface area contributed by atoms with E-state index in [9.17, 15) is 15.0 Å². The molecule has 24 heavy (non-hydrogen) atoms. The van der Waals surface area contributed by atoms with Crippen LogP contribution in [0.15, 0.2) is 48.5 Å². The van der Waals surface area contributed by atoms with Crippen LogP contribution in [-0.2, 0) is 14.9 Å². The number of ether oxygens (including phenoxy) is 1. The van der Waals surface area contributed by atoms with Gasteiger partial charge < -0.3 is 14.9 Å². The predicted octanol–water partition coefficient (Wildman–Crippen LogP) is 4.14. The summed E-state index contributed by atoms with van der Waals surface area (Å²) < 4.78 is 5.24. The molecule has 0 unspecified atom stereocenters. The van der Waals surface area contributed by atoms with Crippen molar-refractivity contribution in [3.63, 3.8) is 0 Å². The van der Waals surface area contributed by atoms with Crippen LogP contribution >= 0.6 is 0 Å². The molecule has 2 aromatic rings. The van der Waals surface area contributed by atoms with E-state index in [0.29, 0.717) is 6.42 Å². The molecule has 0 spiro atoms. The Morgan fingerprint density at radius 1 is 0.958 bits per heavy atom. The van der Waals surface area contributed by atoms with E-state index in [-0.39, 0.29) is 30.0 Å². The Morgan fingerprint density at radius 3 is 1.75 bits per heavy atom. The average molecular weight is 328 g/mol. The van der Waals surface area contributed by atoms with Gasteiger partial charge in [-0.05, 0) is 55.7 Å². The quantitative estimate of drug-likeness (QED) is 0.782. The van der Waals surface area contributed by atoms with Crippen LogP contribution in [0.1, 0.15) is 44.7 Å². The van der Waals surface area contributed by atoms with Crippen LogP contribution in [0.25, 0.3) is 0 Å². The normalized spacial score (nSPS) is 11.5. The lowest BCUT2D eigenvalue weighted by Crippen LogP contribution is -2.25. The van der Waals surface area contributed by atoms with Crippen molar-refractivity contribution < 1.29 is 19.7 Å². The van der Waals surface area contributed by atoms with Crippen molar-refractivity contribution in [2.45, 2.75) is 45.1 Å². The maximum Gasteiger partial charge on any atom is 0.306 e. The van der Waals surface area contributed by atoms with Crippen molar-refractivity contribution in [2.75, 3.05) is 0 Å². The van der Waals surface area contributed by atoms with Gasteiger partial charge in [-0.2, -0.15) is 0 Å². The molecule has 0 radical (unpaired) electrons. The van der Waals surface area contributed by atoms with Crippen molar-refractivity contribution >= 4 is 5.97 Å². The first kappa shape index (κ1) is 17.9. The first-order chi connectivity index (χ1) is 11.3. The van der Waals surface area contributed by atoms with Gasteiger partial charge in [-0.25, -0.2) is 0 Å². The smallest absolute Gasteiger partial charge is 0.306 e. The third-order valence-electron chi connectivity index (χ3n) is 4.21. The van der Waals surface area contributed by atoms with Gasteiger partial charge in [0.1, 0.15) is 11.5 Å². The average Bonchev–Trinajstić information content (AvgIpc) is 2.53. The molecule has 2 N–H and O–H groups in total. The second kappa shape index (κ2) is 7.39. The third kappa shape index (κ3) is 4.28. The molecule has 0 fully saturated rings. The summed E-state index contributed by atoms with van der Waals surface area (Å²) in [5.74, 6) is 0.172. The molecule has 0 aliphatic rings. The SMILES string of the molecule is CC(C)OC(=O)CCC(C)(c1ccc(O)cc1)c1ccc(O)cc1. The Hall–Kier alpha value is -2.49. The molecule has 0 bridgehead atoms. The number of esters is 1. The molecule has 4 heteroatoms. The van der Waals surface area contributed by atoms with E-state index in [4.69, 9.17) is 4.74 Å². The second-order valence-corrected chi connectivity index (χ2v) is 6.46. The zero-order valence-electron chi connectivity index (χ0n) is 14.3. The highest BCUT2D eigenvalue weighted by atomic mass is 16.5. The molecular formula is C20H24O4. The van der Waals surface area contributed by atoms with Gasteiger partial charge in [0.05, 0.1) is 6.10 Å². The molecule has 0 saturated heterocycles. The molecular weight excluding hydrogens is 304 g/mol. The fraction of sp³-hybridized carbons (Fsp3) is 0.350. The van der Waals surface area contributed by atoms with Crippen LogP contribution < -0.4 is 0 Å². The van der Waals surface area contributed by atoms with Gasteiger partial charge in [0.25, 0.3) is 0 Å². The molecule has 0 atom stereocenters. The summed E-state index contributed by atoms with van der Waals surface area (Å²) in [5, 5.41) is 19.1. The topological polar surface area (TPSA) is 66.8 Å².